The Bertz CT molecular complexity index is 599. The number of benzene rings is 2. The quantitative estimate of drug-likeness (QED) is 0.904. The molecule has 2 rings (SSSR count). The zero-order chi connectivity index (χ0) is 14.7. The van der Waals surface area contributed by atoms with Gasteiger partial charge in [0.1, 0.15) is 5.82 Å². The minimum absolute atomic E-state index is 0.00822. The Morgan fingerprint density at radius 2 is 2.00 bits per heavy atom. The summed E-state index contributed by atoms with van der Waals surface area (Å²) in [5.74, 6) is -0.206. The summed E-state index contributed by atoms with van der Waals surface area (Å²) >= 11 is 3.57. The number of halogens is 2. The number of hydrogen-bond donors (Lipinski definition) is 1. The first-order valence-electron chi connectivity index (χ1n) is 6.48. The van der Waals surface area contributed by atoms with Crippen molar-refractivity contribution in [2.24, 2.45) is 5.73 Å². The molecule has 0 saturated heterocycles. The Kier molecular flexibility index (Phi) is 4.78. The highest BCUT2D eigenvalue weighted by Crippen LogP contribution is 2.29. The Morgan fingerprint density at radius 1 is 1.25 bits per heavy atom. The van der Waals surface area contributed by atoms with Crippen LogP contribution in [-0.4, -0.2) is 7.05 Å². The largest absolute Gasteiger partial charge is 0.369 e. The van der Waals surface area contributed by atoms with E-state index in [1.165, 1.54) is 6.07 Å². The maximum Gasteiger partial charge on any atom is 0.123 e. The van der Waals surface area contributed by atoms with Crippen LogP contribution in [0.1, 0.15) is 24.1 Å². The van der Waals surface area contributed by atoms with Crippen molar-refractivity contribution in [3.05, 3.63) is 63.9 Å². The fourth-order valence-corrected chi connectivity index (χ4v) is 2.81. The number of nitrogens with two attached hydrogens (primary N) is 1. The molecule has 0 bridgehead atoms. The van der Waals surface area contributed by atoms with Gasteiger partial charge < -0.3 is 10.6 Å². The number of rotatable bonds is 4. The maximum absolute atomic E-state index is 13.2. The van der Waals surface area contributed by atoms with Gasteiger partial charge in [-0.2, -0.15) is 0 Å². The summed E-state index contributed by atoms with van der Waals surface area (Å²) in [6, 6.07) is 12.7. The first-order valence-corrected chi connectivity index (χ1v) is 7.27. The van der Waals surface area contributed by atoms with Gasteiger partial charge >= 0.3 is 0 Å². The van der Waals surface area contributed by atoms with Crippen LogP contribution in [0.2, 0.25) is 0 Å². The number of nitrogens with zero attached hydrogens (tertiary/aromatic N) is 1. The second kappa shape index (κ2) is 6.37. The third-order valence-electron chi connectivity index (χ3n) is 3.22. The molecule has 0 heterocycles. The first kappa shape index (κ1) is 15.0. The number of anilines is 1. The lowest BCUT2D eigenvalue weighted by Gasteiger charge is -2.22. The van der Waals surface area contributed by atoms with Gasteiger partial charge in [-0.25, -0.2) is 4.39 Å². The van der Waals surface area contributed by atoms with Crippen molar-refractivity contribution >= 4 is 21.6 Å². The van der Waals surface area contributed by atoms with Crippen LogP contribution in [0.5, 0.6) is 0 Å². The van der Waals surface area contributed by atoms with Gasteiger partial charge in [-0.3, -0.25) is 0 Å². The molecule has 2 N–H and O–H groups in total. The molecule has 0 aliphatic rings. The molecule has 2 nitrogen and oxygen atoms in total. The fourth-order valence-electron chi connectivity index (χ4n) is 2.11. The van der Waals surface area contributed by atoms with Crippen LogP contribution in [0, 0.1) is 5.82 Å². The number of hydrogen-bond acceptors (Lipinski definition) is 2. The zero-order valence-corrected chi connectivity index (χ0v) is 13.2. The summed E-state index contributed by atoms with van der Waals surface area (Å²) < 4.78 is 14.2. The fraction of sp³-hybridized carbons (Fsp3) is 0.250. The molecule has 106 valence electrons. The van der Waals surface area contributed by atoms with Crippen molar-refractivity contribution in [1.82, 2.24) is 0 Å². The molecule has 2 aromatic carbocycles. The van der Waals surface area contributed by atoms with Crippen molar-refractivity contribution in [3.63, 3.8) is 0 Å². The van der Waals surface area contributed by atoms with E-state index in [9.17, 15) is 4.39 Å². The molecule has 1 atom stereocenters. The third-order valence-corrected chi connectivity index (χ3v) is 3.85. The van der Waals surface area contributed by atoms with Crippen molar-refractivity contribution in [3.8, 4) is 0 Å². The van der Waals surface area contributed by atoms with Gasteiger partial charge in [-0.05, 0) is 58.2 Å². The van der Waals surface area contributed by atoms with Crippen LogP contribution >= 0.6 is 15.9 Å². The van der Waals surface area contributed by atoms with Gasteiger partial charge in [0, 0.05) is 24.1 Å². The lowest BCUT2D eigenvalue weighted by molar-refractivity contribution is 0.625. The first-order chi connectivity index (χ1) is 9.47. The third kappa shape index (κ3) is 3.58. The van der Waals surface area contributed by atoms with Gasteiger partial charge in [0.2, 0.25) is 0 Å². The molecule has 0 aliphatic carbocycles. The summed E-state index contributed by atoms with van der Waals surface area (Å²) in [6.45, 7) is 2.60. The van der Waals surface area contributed by atoms with E-state index in [2.05, 4.69) is 20.8 Å². The standard InChI is InChI=1S/C16H18BrFN2/c1-11(19)13-6-7-16(15(17)9-13)20(2)10-12-4-3-5-14(18)8-12/h3-9,11H,10,19H2,1-2H3. The van der Waals surface area contributed by atoms with Crippen molar-refractivity contribution in [2.45, 2.75) is 19.5 Å². The highest BCUT2D eigenvalue weighted by Gasteiger charge is 2.09. The van der Waals surface area contributed by atoms with Gasteiger partial charge in [-0.15, -0.1) is 0 Å². The lowest BCUT2D eigenvalue weighted by atomic mass is 10.1. The Balaban J connectivity index is 2.19. The van der Waals surface area contributed by atoms with Crippen LogP contribution < -0.4 is 10.6 Å². The lowest BCUT2D eigenvalue weighted by Crippen LogP contribution is -2.17. The molecule has 0 saturated carbocycles. The second-order valence-corrected chi connectivity index (χ2v) is 5.84. The van der Waals surface area contributed by atoms with Gasteiger partial charge in [0.15, 0.2) is 0 Å². The molecule has 0 fully saturated rings. The summed E-state index contributed by atoms with van der Waals surface area (Å²) in [6.07, 6.45) is 0. The minimum atomic E-state index is -0.206. The molecule has 0 aliphatic heterocycles. The van der Waals surface area contributed by atoms with Crippen LogP contribution in [0.3, 0.4) is 0 Å². The molecule has 2 aromatic rings. The SMILES string of the molecule is CC(N)c1ccc(N(C)Cc2cccc(F)c2)c(Br)c1. The summed E-state index contributed by atoms with van der Waals surface area (Å²) in [5, 5.41) is 0. The van der Waals surface area contributed by atoms with E-state index in [1.54, 1.807) is 12.1 Å². The van der Waals surface area contributed by atoms with E-state index < -0.39 is 0 Å². The van der Waals surface area contributed by atoms with E-state index >= 15 is 0 Å². The summed E-state index contributed by atoms with van der Waals surface area (Å²) in [7, 11) is 1.98. The molecule has 0 aromatic heterocycles. The van der Waals surface area contributed by atoms with Crippen LogP contribution in [0.15, 0.2) is 46.9 Å². The molecule has 0 spiro atoms. The molecule has 1 unspecified atom stereocenters. The minimum Gasteiger partial charge on any atom is -0.369 e. The average molecular weight is 337 g/mol. The van der Waals surface area contributed by atoms with Crippen LogP contribution in [0.4, 0.5) is 10.1 Å². The van der Waals surface area contributed by atoms with Crippen molar-refractivity contribution in [2.75, 3.05) is 11.9 Å². The molecular formula is C16H18BrFN2. The van der Waals surface area contributed by atoms with Crippen LogP contribution in [-0.2, 0) is 6.54 Å². The second-order valence-electron chi connectivity index (χ2n) is 4.99. The zero-order valence-electron chi connectivity index (χ0n) is 11.6. The topological polar surface area (TPSA) is 29.3 Å². The van der Waals surface area contributed by atoms with Gasteiger partial charge in [0.25, 0.3) is 0 Å². The van der Waals surface area contributed by atoms with Crippen LogP contribution in [0.25, 0.3) is 0 Å². The van der Waals surface area contributed by atoms with E-state index in [0.29, 0.717) is 6.54 Å². The van der Waals surface area contributed by atoms with E-state index in [0.717, 1.165) is 21.3 Å². The van der Waals surface area contributed by atoms with E-state index in [-0.39, 0.29) is 11.9 Å². The molecular weight excluding hydrogens is 319 g/mol. The highest BCUT2D eigenvalue weighted by atomic mass is 79.9. The predicted molar refractivity (Wildman–Crippen MR) is 85.3 cm³/mol. The normalized spacial score (nSPS) is 12.2. The van der Waals surface area contributed by atoms with E-state index in [4.69, 9.17) is 5.73 Å². The van der Waals surface area contributed by atoms with Gasteiger partial charge in [0.05, 0.1) is 5.69 Å². The smallest absolute Gasteiger partial charge is 0.123 e. The Labute approximate surface area is 127 Å². The highest BCUT2D eigenvalue weighted by molar-refractivity contribution is 9.10. The average Bonchev–Trinajstić information content (AvgIpc) is 2.38. The predicted octanol–water partition coefficient (Wildman–Crippen LogP) is 4.24. The van der Waals surface area contributed by atoms with Crippen molar-refractivity contribution in [1.29, 1.82) is 0 Å². The monoisotopic (exact) mass is 336 g/mol. The molecule has 20 heavy (non-hydrogen) atoms. The van der Waals surface area contributed by atoms with Gasteiger partial charge in [-0.1, -0.05) is 18.2 Å². The Hall–Kier alpha value is -1.39. The summed E-state index contributed by atoms with van der Waals surface area (Å²) in [4.78, 5) is 2.07. The van der Waals surface area contributed by atoms with Crippen molar-refractivity contribution < 1.29 is 4.39 Å². The molecule has 0 radical (unpaired) electrons. The molecule has 4 heteroatoms. The Morgan fingerprint density at radius 3 is 2.60 bits per heavy atom. The summed E-state index contributed by atoms with van der Waals surface area (Å²) in [5.41, 5.74) is 8.95. The molecule has 0 amide bonds. The van der Waals surface area contributed by atoms with E-state index in [1.807, 2.05) is 38.2 Å². The maximum atomic E-state index is 13.2.